The number of guanidine groups is 1. The van der Waals surface area contributed by atoms with E-state index in [9.17, 15) is 33.9 Å². The van der Waals surface area contributed by atoms with Crippen molar-refractivity contribution in [2.75, 3.05) is 25.4 Å². The predicted octanol–water partition coefficient (Wildman–Crippen LogP) is -4.44. The van der Waals surface area contributed by atoms with Crippen LogP contribution in [-0.4, -0.2) is 101 Å². The standard InChI is InChI=1S/C21H39N9O8S/c22-6-2-1-5-12(18(35)30-14(10-39)20(37)38)29-19(36)13(8-16(32)33)28-15(31)9-27-17(34)11(23)4-3-7-26-21(24)25/h11-14,39H,1-10,22-23H2,(H,27,34)(H,28,31)(H,29,36)(H,30,35)(H,32,33)(H,37,38)(H4,24,25,26). The van der Waals surface area contributed by atoms with Gasteiger partial charge in [-0.15, -0.1) is 0 Å². The van der Waals surface area contributed by atoms with E-state index in [4.69, 9.17) is 28.0 Å². The lowest BCUT2D eigenvalue weighted by atomic mass is 10.1. The van der Waals surface area contributed by atoms with Gasteiger partial charge in [0.1, 0.15) is 18.1 Å². The molecular formula is C21H39N9O8S. The molecule has 4 atom stereocenters. The van der Waals surface area contributed by atoms with Crippen LogP contribution in [0.4, 0.5) is 0 Å². The molecule has 0 aromatic rings. The summed E-state index contributed by atoms with van der Waals surface area (Å²) in [5.41, 5.74) is 21.6. The van der Waals surface area contributed by atoms with Gasteiger partial charge in [-0.3, -0.25) is 29.0 Å². The summed E-state index contributed by atoms with van der Waals surface area (Å²) in [6.45, 7) is -0.0425. The molecule has 17 nitrogen and oxygen atoms in total. The Kier molecular flexibility index (Phi) is 17.6. The van der Waals surface area contributed by atoms with Gasteiger partial charge >= 0.3 is 11.9 Å². The van der Waals surface area contributed by atoms with E-state index in [1.807, 2.05) is 0 Å². The van der Waals surface area contributed by atoms with Crippen molar-refractivity contribution in [3.8, 4) is 0 Å². The van der Waals surface area contributed by atoms with Crippen LogP contribution in [0, 0.1) is 0 Å². The van der Waals surface area contributed by atoms with Gasteiger partial charge in [-0.05, 0) is 38.6 Å². The number of unbranched alkanes of at least 4 members (excludes halogenated alkanes) is 1. The Morgan fingerprint density at radius 3 is 1.97 bits per heavy atom. The highest BCUT2D eigenvalue weighted by Crippen LogP contribution is 2.04. The Balaban J connectivity index is 5.20. The molecule has 0 aliphatic heterocycles. The first kappa shape index (κ1) is 35.4. The van der Waals surface area contributed by atoms with Gasteiger partial charge < -0.3 is 54.4 Å². The van der Waals surface area contributed by atoms with E-state index in [-0.39, 0.29) is 31.1 Å². The van der Waals surface area contributed by atoms with E-state index >= 15 is 0 Å². The van der Waals surface area contributed by atoms with Gasteiger partial charge in [0, 0.05) is 12.3 Å². The van der Waals surface area contributed by atoms with Gasteiger partial charge in [0.15, 0.2) is 5.96 Å². The molecule has 0 saturated carbocycles. The SMILES string of the molecule is NCCCCC(NC(=O)C(CC(=O)O)NC(=O)CNC(=O)C(N)CCCN=C(N)N)C(=O)NC(CS)C(=O)O. The zero-order valence-electron chi connectivity index (χ0n) is 21.4. The van der Waals surface area contributed by atoms with Gasteiger partial charge in [0.2, 0.25) is 23.6 Å². The van der Waals surface area contributed by atoms with Crippen LogP contribution in [0.1, 0.15) is 38.5 Å². The predicted molar refractivity (Wildman–Crippen MR) is 143 cm³/mol. The van der Waals surface area contributed by atoms with Crippen molar-refractivity contribution in [2.45, 2.75) is 62.7 Å². The molecular weight excluding hydrogens is 538 g/mol. The number of hydrogen-bond donors (Lipinski definition) is 11. The van der Waals surface area contributed by atoms with Crippen LogP contribution < -0.4 is 44.2 Å². The third-order valence-corrected chi connectivity index (χ3v) is 5.50. The molecule has 0 heterocycles. The van der Waals surface area contributed by atoms with Gasteiger partial charge in [0.05, 0.1) is 19.0 Å². The summed E-state index contributed by atoms with van der Waals surface area (Å²) in [5, 5.41) is 27.4. The number of aliphatic carboxylic acids is 2. The number of nitrogens with one attached hydrogen (secondary N) is 4. The Morgan fingerprint density at radius 1 is 0.821 bits per heavy atom. The highest BCUT2D eigenvalue weighted by Gasteiger charge is 2.30. The van der Waals surface area contributed by atoms with Crippen molar-refractivity contribution in [3.63, 3.8) is 0 Å². The summed E-state index contributed by atoms with van der Waals surface area (Å²) < 4.78 is 0. The average molecular weight is 578 g/mol. The van der Waals surface area contributed by atoms with E-state index in [0.29, 0.717) is 25.8 Å². The number of carbonyl (C=O) groups excluding carboxylic acids is 4. The number of nitrogens with zero attached hydrogens (tertiary/aromatic N) is 1. The van der Waals surface area contributed by atoms with Crippen LogP contribution in [-0.2, 0) is 28.8 Å². The summed E-state index contributed by atoms with van der Waals surface area (Å²) in [4.78, 5) is 76.2. The van der Waals surface area contributed by atoms with Crippen LogP contribution in [0.25, 0.3) is 0 Å². The number of carboxylic acids is 2. The summed E-state index contributed by atoms with van der Waals surface area (Å²) >= 11 is 3.87. The van der Waals surface area contributed by atoms with Crippen molar-refractivity contribution >= 4 is 54.2 Å². The molecule has 18 heteroatoms. The molecule has 0 aliphatic carbocycles. The lowest BCUT2D eigenvalue weighted by Gasteiger charge is -2.24. The van der Waals surface area contributed by atoms with Gasteiger partial charge in [-0.1, -0.05) is 0 Å². The molecule has 0 fully saturated rings. The number of carbonyl (C=O) groups is 6. The lowest BCUT2D eigenvalue weighted by Crippen LogP contribution is -2.57. The molecule has 0 radical (unpaired) electrons. The molecule has 4 amide bonds. The Hall–Kier alpha value is -3.64. The topological polar surface area (TPSA) is 307 Å². The summed E-state index contributed by atoms with van der Waals surface area (Å²) in [6, 6.07) is -5.14. The molecule has 222 valence electrons. The molecule has 0 aromatic heterocycles. The third kappa shape index (κ3) is 16.0. The number of amides is 4. The molecule has 0 saturated heterocycles. The number of hydrogen-bond acceptors (Lipinski definition) is 10. The maximum absolute atomic E-state index is 12.8. The minimum absolute atomic E-state index is 0.0680. The zero-order chi connectivity index (χ0) is 30.0. The van der Waals surface area contributed by atoms with E-state index < -0.39 is 72.7 Å². The lowest BCUT2D eigenvalue weighted by molar-refractivity contribution is -0.142. The maximum Gasteiger partial charge on any atom is 0.327 e. The fourth-order valence-electron chi connectivity index (χ4n) is 3.07. The van der Waals surface area contributed by atoms with Crippen molar-refractivity contribution in [3.05, 3.63) is 0 Å². The van der Waals surface area contributed by atoms with E-state index in [1.54, 1.807) is 0 Å². The number of carboxylic acid groups (broad SMARTS) is 2. The van der Waals surface area contributed by atoms with Gasteiger partial charge in [0.25, 0.3) is 0 Å². The summed E-state index contributed by atoms with van der Waals surface area (Å²) in [6.07, 6.45) is 0.750. The van der Waals surface area contributed by atoms with Crippen molar-refractivity contribution in [1.29, 1.82) is 0 Å². The van der Waals surface area contributed by atoms with Crippen molar-refractivity contribution < 1.29 is 39.0 Å². The summed E-state index contributed by atoms with van der Waals surface area (Å²) in [7, 11) is 0. The first-order valence-electron chi connectivity index (χ1n) is 12.1. The smallest absolute Gasteiger partial charge is 0.327 e. The fraction of sp³-hybridized carbons (Fsp3) is 0.667. The minimum Gasteiger partial charge on any atom is -0.481 e. The largest absolute Gasteiger partial charge is 0.481 e. The Morgan fingerprint density at radius 2 is 1.44 bits per heavy atom. The van der Waals surface area contributed by atoms with E-state index in [0.717, 1.165) is 0 Å². The Bertz CT molecular complexity index is 885. The second kappa shape index (κ2) is 19.4. The zero-order valence-corrected chi connectivity index (χ0v) is 22.3. The molecule has 0 aliphatic rings. The van der Waals surface area contributed by atoms with Crippen LogP contribution in [0.2, 0.25) is 0 Å². The van der Waals surface area contributed by atoms with Crippen LogP contribution in [0.15, 0.2) is 4.99 Å². The molecule has 14 N–H and O–H groups in total. The normalized spacial score (nSPS) is 13.6. The Labute approximate surface area is 230 Å². The second-order valence-electron chi connectivity index (χ2n) is 8.42. The highest BCUT2D eigenvalue weighted by molar-refractivity contribution is 7.80. The molecule has 39 heavy (non-hydrogen) atoms. The third-order valence-electron chi connectivity index (χ3n) is 5.14. The first-order chi connectivity index (χ1) is 18.3. The van der Waals surface area contributed by atoms with E-state index in [2.05, 4.69) is 38.9 Å². The summed E-state index contributed by atoms with van der Waals surface area (Å²) in [5.74, 6) is -6.46. The molecule has 0 aromatic carbocycles. The fourth-order valence-corrected chi connectivity index (χ4v) is 3.32. The number of thiol groups is 1. The molecule has 0 bridgehead atoms. The van der Waals surface area contributed by atoms with Crippen LogP contribution in [0.5, 0.6) is 0 Å². The van der Waals surface area contributed by atoms with Crippen LogP contribution in [0.3, 0.4) is 0 Å². The van der Waals surface area contributed by atoms with Crippen molar-refractivity contribution in [1.82, 2.24) is 21.3 Å². The van der Waals surface area contributed by atoms with Gasteiger partial charge in [-0.2, -0.15) is 12.6 Å². The maximum atomic E-state index is 12.8. The average Bonchev–Trinajstić information content (AvgIpc) is 2.86. The molecule has 0 rings (SSSR count). The van der Waals surface area contributed by atoms with E-state index in [1.165, 1.54) is 0 Å². The number of aliphatic imine (C=N–C) groups is 1. The molecule has 4 unspecified atom stereocenters. The van der Waals surface area contributed by atoms with Gasteiger partial charge in [-0.25, -0.2) is 4.79 Å². The number of rotatable bonds is 20. The molecule has 0 spiro atoms. The minimum atomic E-state index is -1.61. The number of nitrogens with two attached hydrogens (primary N) is 4. The highest BCUT2D eigenvalue weighted by atomic mass is 32.1. The van der Waals surface area contributed by atoms with Crippen LogP contribution >= 0.6 is 12.6 Å². The monoisotopic (exact) mass is 577 g/mol. The second-order valence-corrected chi connectivity index (χ2v) is 8.78. The van der Waals surface area contributed by atoms with Crippen molar-refractivity contribution in [2.24, 2.45) is 27.9 Å². The first-order valence-corrected chi connectivity index (χ1v) is 12.7. The quantitative estimate of drug-likeness (QED) is 0.0282.